The first-order valence-corrected chi connectivity index (χ1v) is 8.14. The number of fused-ring (bicyclic) bond motifs is 1. The first-order chi connectivity index (χ1) is 12.0. The Bertz CT molecular complexity index is 1010. The molecule has 0 amide bonds. The second kappa shape index (κ2) is 7.21. The highest BCUT2D eigenvalue weighted by Gasteiger charge is 2.13. The van der Waals surface area contributed by atoms with Gasteiger partial charge in [-0.3, -0.25) is 4.79 Å². The largest absolute Gasteiger partial charge is 0.493 e. The minimum atomic E-state index is -0.230. The van der Waals surface area contributed by atoms with Crippen LogP contribution < -0.4 is 14.9 Å². The average Bonchev–Trinajstić information content (AvgIpc) is 2.60. The van der Waals surface area contributed by atoms with Crippen LogP contribution in [-0.4, -0.2) is 13.7 Å². The Morgan fingerprint density at radius 2 is 1.96 bits per heavy atom. The van der Waals surface area contributed by atoms with Crippen molar-refractivity contribution in [2.24, 2.45) is 0 Å². The van der Waals surface area contributed by atoms with Crippen LogP contribution in [0.5, 0.6) is 11.5 Å². The second-order valence-electron chi connectivity index (χ2n) is 5.20. The Balaban J connectivity index is 2.13. The summed E-state index contributed by atoms with van der Waals surface area (Å²) in [5, 5.41) is 0.987. The summed E-state index contributed by atoms with van der Waals surface area (Å²) in [4.78, 5) is 12.4. The lowest BCUT2D eigenvalue weighted by molar-refractivity contribution is 0.326. The Morgan fingerprint density at radius 3 is 2.68 bits per heavy atom. The van der Waals surface area contributed by atoms with Gasteiger partial charge in [0.1, 0.15) is 12.4 Å². The van der Waals surface area contributed by atoms with Crippen molar-refractivity contribution in [1.82, 2.24) is 0 Å². The standard InChI is InChI=1S/C19H14Cl2O4/c1-3-6-24-16-5-4-11(7-18(16)23-2)17-10-15(22)13-8-12(20)9-14(21)19(13)25-17/h3-5,7-10H,1,6H2,2H3. The smallest absolute Gasteiger partial charge is 0.193 e. The highest BCUT2D eigenvalue weighted by molar-refractivity contribution is 6.38. The molecule has 0 aliphatic heterocycles. The maximum absolute atomic E-state index is 12.4. The predicted molar refractivity (Wildman–Crippen MR) is 100 cm³/mol. The van der Waals surface area contributed by atoms with Crippen LogP contribution >= 0.6 is 23.2 Å². The summed E-state index contributed by atoms with van der Waals surface area (Å²) in [5.74, 6) is 1.46. The molecule has 3 aromatic rings. The molecule has 0 radical (unpaired) electrons. The molecule has 2 aromatic carbocycles. The van der Waals surface area contributed by atoms with Crippen LogP contribution in [0.15, 0.2) is 58.3 Å². The van der Waals surface area contributed by atoms with E-state index in [0.29, 0.717) is 45.4 Å². The molecular weight excluding hydrogens is 363 g/mol. The van der Waals surface area contributed by atoms with Gasteiger partial charge in [-0.2, -0.15) is 0 Å². The van der Waals surface area contributed by atoms with E-state index in [0.717, 1.165) is 0 Å². The number of benzene rings is 2. The summed E-state index contributed by atoms with van der Waals surface area (Å²) < 4.78 is 16.7. The van der Waals surface area contributed by atoms with Gasteiger partial charge in [0.25, 0.3) is 0 Å². The van der Waals surface area contributed by atoms with Crippen LogP contribution in [0.1, 0.15) is 0 Å². The predicted octanol–water partition coefficient (Wildman–Crippen LogP) is 5.34. The van der Waals surface area contributed by atoms with E-state index >= 15 is 0 Å². The van der Waals surface area contributed by atoms with Crippen LogP contribution in [-0.2, 0) is 0 Å². The normalized spacial score (nSPS) is 10.7. The number of hydrogen-bond donors (Lipinski definition) is 0. The third-order valence-electron chi connectivity index (χ3n) is 3.55. The highest BCUT2D eigenvalue weighted by atomic mass is 35.5. The zero-order valence-corrected chi connectivity index (χ0v) is 14.9. The number of ether oxygens (including phenoxy) is 2. The van der Waals surface area contributed by atoms with Gasteiger partial charge in [0.05, 0.1) is 17.5 Å². The van der Waals surface area contributed by atoms with Gasteiger partial charge in [-0.05, 0) is 30.3 Å². The monoisotopic (exact) mass is 376 g/mol. The fourth-order valence-corrected chi connectivity index (χ4v) is 2.95. The molecule has 0 unspecified atom stereocenters. The van der Waals surface area contributed by atoms with Crippen LogP contribution in [0.3, 0.4) is 0 Å². The van der Waals surface area contributed by atoms with Gasteiger partial charge in [-0.1, -0.05) is 35.9 Å². The van der Waals surface area contributed by atoms with Gasteiger partial charge in [0, 0.05) is 16.7 Å². The van der Waals surface area contributed by atoms with Crippen molar-refractivity contribution in [2.45, 2.75) is 0 Å². The van der Waals surface area contributed by atoms with E-state index in [1.54, 1.807) is 24.3 Å². The quantitative estimate of drug-likeness (QED) is 0.563. The van der Waals surface area contributed by atoms with Gasteiger partial charge in [0.15, 0.2) is 22.5 Å². The van der Waals surface area contributed by atoms with Gasteiger partial charge in [-0.25, -0.2) is 0 Å². The first-order valence-electron chi connectivity index (χ1n) is 7.38. The van der Waals surface area contributed by atoms with Crippen LogP contribution in [0.4, 0.5) is 0 Å². The highest BCUT2D eigenvalue weighted by Crippen LogP contribution is 2.34. The lowest BCUT2D eigenvalue weighted by Gasteiger charge is -2.11. The molecule has 0 saturated carbocycles. The topological polar surface area (TPSA) is 48.7 Å². The molecule has 0 saturated heterocycles. The van der Waals surface area contributed by atoms with Crippen molar-refractivity contribution in [3.05, 3.63) is 69.3 Å². The summed E-state index contributed by atoms with van der Waals surface area (Å²) in [6.45, 7) is 3.97. The maximum Gasteiger partial charge on any atom is 0.193 e. The molecule has 0 N–H and O–H groups in total. The van der Waals surface area contributed by atoms with Gasteiger partial charge >= 0.3 is 0 Å². The van der Waals surface area contributed by atoms with E-state index in [4.69, 9.17) is 37.1 Å². The van der Waals surface area contributed by atoms with Crippen LogP contribution in [0.25, 0.3) is 22.3 Å². The summed E-state index contributed by atoms with van der Waals surface area (Å²) in [6.07, 6.45) is 1.64. The third kappa shape index (κ3) is 3.50. The van der Waals surface area contributed by atoms with Crippen LogP contribution in [0, 0.1) is 0 Å². The molecular formula is C19H14Cl2O4. The Hall–Kier alpha value is -2.43. The Kier molecular flexibility index (Phi) is 5.02. The summed E-state index contributed by atoms with van der Waals surface area (Å²) >= 11 is 12.1. The molecule has 0 aliphatic carbocycles. The molecule has 0 fully saturated rings. The van der Waals surface area contributed by atoms with Crippen molar-refractivity contribution < 1.29 is 13.9 Å². The molecule has 0 spiro atoms. The van der Waals surface area contributed by atoms with Crippen molar-refractivity contribution in [3.8, 4) is 22.8 Å². The summed E-state index contributed by atoms with van der Waals surface area (Å²) in [7, 11) is 1.54. The van der Waals surface area contributed by atoms with Crippen molar-refractivity contribution in [1.29, 1.82) is 0 Å². The molecule has 1 aromatic heterocycles. The molecule has 0 atom stereocenters. The van der Waals surface area contributed by atoms with Gasteiger partial charge in [0.2, 0.25) is 0 Å². The van der Waals surface area contributed by atoms with E-state index in [2.05, 4.69) is 6.58 Å². The van der Waals surface area contributed by atoms with E-state index in [1.807, 2.05) is 0 Å². The average molecular weight is 377 g/mol. The summed E-state index contributed by atoms with van der Waals surface area (Å²) in [6, 6.07) is 9.71. The number of rotatable bonds is 5. The van der Waals surface area contributed by atoms with Gasteiger partial charge in [-0.15, -0.1) is 0 Å². The molecule has 1 heterocycles. The molecule has 6 heteroatoms. The summed E-state index contributed by atoms with van der Waals surface area (Å²) in [5.41, 5.74) is 0.721. The molecule has 128 valence electrons. The molecule has 4 nitrogen and oxygen atoms in total. The van der Waals surface area contributed by atoms with Gasteiger partial charge < -0.3 is 13.9 Å². The minimum absolute atomic E-state index is 0.230. The SMILES string of the molecule is C=CCOc1ccc(-c2cc(=O)c3cc(Cl)cc(Cl)c3o2)cc1OC. The fourth-order valence-electron chi connectivity index (χ4n) is 2.41. The number of hydrogen-bond acceptors (Lipinski definition) is 4. The van der Waals surface area contributed by atoms with E-state index in [-0.39, 0.29) is 10.5 Å². The second-order valence-corrected chi connectivity index (χ2v) is 6.05. The van der Waals surface area contributed by atoms with Crippen molar-refractivity contribution in [2.75, 3.05) is 13.7 Å². The molecule has 0 bridgehead atoms. The molecule has 0 aliphatic rings. The van der Waals surface area contributed by atoms with Crippen LogP contribution in [0.2, 0.25) is 10.0 Å². The van der Waals surface area contributed by atoms with Crippen molar-refractivity contribution in [3.63, 3.8) is 0 Å². The lowest BCUT2D eigenvalue weighted by atomic mass is 10.1. The Labute approximate surface area is 154 Å². The zero-order valence-electron chi connectivity index (χ0n) is 13.3. The van der Waals surface area contributed by atoms with E-state index in [1.165, 1.54) is 25.3 Å². The molecule has 25 heavy (non-hydrogen) atoms. The molecule has 3 rings (SSSR count). The third-order valence-corrected chi connectivity index (χ3v) is 4.05. The number of halogens is 2. The maximum atomic E-state index is 12.4. The van der Waals surface area contributed by atoms with E-state index in [9.17, 15) is 4.79 Å². The Morgan fingerprint density at radius 1 is 1.16 bits per heavy atom. The zero-order chi connectivity index (χ0) is 18.0. The number of methoxy groups -OCH3 is 1. The minimum Gasteiger partial charge on any atom is -0.493 e. The first kappa shape index (κ1) is 17.4. The fraction of sp³-hybridized carbons (Fsp3) is 0.105. The van der Waals surface area contributed by atoms with Crippen molar-refractivity contribution >= 4 is 34.2 Å². The lowest BCUT2D eigenvalue weighted by Crippen LogP contribution is -2.01. The van der Waals surface area contributed by atoms with E-state index < -0.39 is 0 Å².